The van der Waals surface area contributed by atoms with Gasteiger partial charge in [-0.2, -0.15) is 0 Å². The minimum atomic E-state index is 0.160. The highest BCUT2D eigenvalue weighted by Crippen LogP contribution is 2.53. The number of hydrogen-bond donors (Lipinski definition) is 0. The van der Waals surface area contributed by atoms with E-state index in [4.69, 9.17) is 0 Å². The molecule has 0 aromatic heterocycles. The van der Waals surface area contributed by atoms with Crippen LogP contribution in [0.25, 0.3) is 5.57 Å². The van der Waals surface area contributed by atoms with E-state index < -0.39 is 0 Å². The second-order valence-electron chi connectivity index (χ2n) is 12.3. The Bertz CT molecular complexity index is 1280. The largest absolute Gasteiger partial charge is 0.310 e. The van der Waals surface area contributed by atoms with Gasteiger partial charge in [0.2, 0.25) is 0 Å². The van der Waals surface area contributed by atoms with Crippen LogP contribution in [0.1, 0.15) is 128 Å². The van der Waals surface area contributed by atoms with Crippen LogP contribution in [0, 0.1) is 6.92 Å². The van der Waals surface area contributed by atoms with Crippen molar-refractivity contribution in [3.63, 3.8) is 0 Å². The average Bonchev–Trinajstić information content (AvgIpc) is 3.13. The van der Waals surface area contributed by atoms with Crippen molar-refractivity contribution in [3.05, 3.63) is 94.6 Å². The van der Waals surface area contributed by atoms with Crippen molar-refractivity contribution in [2.45, 2.75) is 118 Å². The number of anilines is 3. The van der Waals surface area contributed by atoms with E-state index in [0.29, 0.717) is 5.92 Å². The Hall–Kier alpha value is -2.80. The number of rotatable bonds is 13. The van der Waals surface area contributed by atoms with Crippen LogP contribution in [-0.4, -0.2) is 0 Å². The van der Waals surface area contributed by atoms with Gasteiger partial charge in [-0.05, 0) is 104 Å². The molecule has 0 saturated carbocycles. The van der Waals surface area contributed by atoms with Crippen molar-refractivity contribution in [2.75, 3.05) is 4.90 Å². The number of fused-ring (bicyclic) bond motifs is 1. The molecule has 0 saturated heterocycles. The number of unbranched alkanes of at least 4 members (excludes halogenated alkanes) is 5. The van der Waals surface area contributed by atoms with Gasteiger partial charge in [0.05, 0.1) is 0 Å². The predicted octanol–water partition coefficient (Wildman–Crippen LogP) is 12.2. The molecule has 1 aliphatic carbocycles. The Kier molecular flexibility index (Phi) is 9.76. The molecular weight excluding hydrogens is 470 g/mol. The van der Waals surface area contributed by atoms with Gasteiger partial charge in [-0.15, -0.1) is 0 Å². The Morgan fingerprint density at radius 2 is 1.33 bits per heavy atom. The summed E-state index contributed by atoms with van der Waals surface area (Å²) >= 11 is 0. The lowest BCUT2D eigenvalue weighted by atomic mass is 9.70. The number of benzene rings is 3. The van der Waals surface area contributed by atoms with Gasteiger partial charge in [-0.1, -0.05) is 109 Å². The second kappa shape index (κ2) is 13.0. The maximum atomic E-state index is 2.55. The van der Waals surface area contributed by atoms with Crippen LogP contribution in [0.15, 0.2) is 72.3 Å². The van der Waals surface area contributed by atoms with Crippen LogP contribution in [0.3, 0.4) is 0 Å². The van der Waals surface area contributed by atoms with Crippen LogP contribution in [-0.2, 0) is 5.41 Å². The summed E-state index contributed by atoms with van der Waals surface area (Å²) in [4.78, 5) is 2.48. The molecule has 0 amide bonds. The highest BCUT2D eigenvalue weighted by atomic mass is 15.1. The lowest BCUT2D eigenvalue weighted by Gasteiger charge is -2.34. The molecule has 0 bridgehead atoms. The third-order valence-electron chi connectivity index (χ3n) is 9.15. The lowest BCUT2D eigenvalue weighted by molar-refractivity contribution is 0.405. The first-order chi connectivity index (χ1) is 18.8. The molecule has 0 N–H and O–H groups in total. The molecular formula is C38H51N. The molecule has 4 rings (SSSR count). The zero-order valence-corrected chi connectivity index (χ0v) is 25.7. The highest BCUT2D eigenvalue weighted by Gasteiger charge is 2.41. The van der Waals surface area contributed by atoms with Crippen molar-refractivity contribution in [3.8, 4) is 0 Å². The maximum absolute atomic E-state index is 2.55. The maximum Gasteiger partial charge on any atom is 0.0465 e. The Labute approximate surface area is 239 Å². The number of aryl methyl sites for hydroxylation is 1. The summed E-state index contributed by atoms with van der Waals surface area (Å²) in [5.74, 6) is 0.494. The molecule has 0 spiro atoms. The summed E-state index contributed by atoms with van der Waals surface area (Å²) in [5, 5.41) is 0. The summed E-state index contributed by atoms with van der Waals surface area (Å²) in [5.41, 5.74) is 12.7. The Balaban J connectivity index is 1.79. The molecule has 3 aromatic rings. The lowest BCUT2D eigenvalue weighted by Crippen LogP contribution is -2.26. The third kappa shape index (κ3) is 6.19. The van der Waals surface area contributed by atoms with Gasteiger partial charge in [0, 0.05) is 22.5 Å². The van der Waals surface area contributed by atoms with E-state index in [0.717, 1.165) is 0 Å². The SMILES string of the molecule is CCCCCCCCC1(CCC)C(C)=C(C)c2ccc(N(c3cccc(C)c3)c3cccc(C(C)C)c3)cc21. The van der Waals surface area contributed by atoms with Gasteiger partial charge >= 0.3 is 0 Å². The van der Waals surface area contributed by atoms with Crippen LogP contribution in [0.2, 0.25) is 0 Å². The van der Waals surface area contributed by atoms with Crippen molar-refractivity contribution in [2.24, 2.45) is 0 Å². The Morgan fingerprint density at radius 3 is 2.03 bits per heavy atom. The monoisotopic (exact) mass is 521 g/mol. The van der Waals surface area contributed by atoms with E-state index in [9.17, 15) is 0 Å². The summed E-state index contributed by atoms with van der Waals surface area (Å²) in [6, 6.07) is 25.4. The minimum Gasteiger partial charge on any atom is -0.310 e. The first-order valence-electron chi connectivity index (χ1n) is 15.6. The molecule has 0 heterocycles. The first kappa shape index (κ1) is 29.2. The van der Waals surface area contributed by atoms with Gasteiger partial charge in [0.25, 0.3) is 0 Å². The number of hydrogen-bond acceptors (Lipinski definition) is 1. The quantitative estimate of drug-likeness (QED) is 0.202. The fourth-order valence-electron chi connectivity index (χ4n) is 6.80. The Morgan fingerprint density at radius 1 is 0.667 bits per heavy atom. The van der Waals surface area contributed by atoms with E-state index in [1.165, 1.54) is 97.1 Å². The summed E-state index contributed by atoms with van der Waals surface area (Å²) < 4.78 is 0. The van der Waals surface area contributed by atoms with Crippen molar-refractivity contribution in [1.29, 1.82) is 0 Å². The van der Waals surface area contributed by atoms with Crippen molar-refractivity contribution >= 4 is 22.6 Å². The average molecular weight is 522 g/mol. The van der Waals surface area contributed by atoms with Crippen molar-refractivity contribution in [1.82, 2.24) is 0 Å². The number of allylic oxidation sites excluding steroid dienone is 2. The van der Waals surface area contributed by atoms with Crippen molar-refractivity contribution < 1.29 is 0 Å². The molecule has 1 aliphatic rings. The first-order valence-corrected chi connectivity index (χ1v) is 15.6. The van der Waals surface area contributed by atoms with Gasteiger partial charge < -0.3 is 4.90 Å². The molecule has 1 nitrogen and oxygen atoms in total. The molecule has 39 heavy (non-hydrogen) atoms. The summed E-state index contributed by atoms with van der Waals surface area (Å²) in [6.45, 7) is 16.2. The molecule has 3 aromatic carbocycles. The van der Waals surface area contributed by atoms with Gasteiger partial charge in [0.15, 0.2) is 0 Å². The molecule has 1 unspecified atom stereocenters. The zero-order chi connectivity index (χ0) is 28.0. The van der Waals surface area contributed by atoms with E-state index in [2.05, 4.69) is 120 Å². The van der Waals surface area contributed by atoms with Gasteiger partial charge in [-0.3, -0.25) is 0 Å². The fraction of sp³-hybridized carbons (Fsp3) is 0.474. The van der Waals surface area contributed by atoms with E-state index in [1.54, 1.807) is 11.1 Å². The fourth-order valence-corrected chi connectivity index (χ4v) is 6.80. The second-order valence-corrected chi connectivity index (χ2v) is 12.3. The minimum absolute atomic E-state index is 0.160. The molecule has 1 heteroatoms. The normalized spacial score (nSPS) is 16.7. The third-order valence-corrected chi connectivity index (χ3v) is 9.15. The zero-order valence-electron chi connectivity index (χ0n) is 25.7. The standard InChI is InChI=1S/C38H51N/c1-8-10-11-12-13-14-24-38(23-9-2)31(7)30(6)36-22-21-35(27-37(36)38)39(33-19-15-17-29(5)25-33)34-20-16-18-32(26-34)28(3)4/h15-22,25-28H,8-14,23-24H2,1-7H3. The van der Waals surface area contributed by atoms with Crippen LogP contribution in [0.4, 0.5) is 17.1 Å². The topological polar surface area (TPSA) is 3.24 Å². The molecule has 0 fully saturated rings. The van der Waals surface area contributed by atoms with E-state index >= 15 is 0 Å². The predicted molar refractivity (Wildman–Crippen MR) is 173 cm³/mol. The van der Waals surface area contributed by atoms with E-state index in [1.807, 2.05) is 0 Å². The summed E-state index contributed by atoms with van der Waals surface area (Å²) in [6.07, 6.45) is 11.8. The highest BCUT2D eigenvalue weighted by molar-refractivity contribution is 5.84. The van der Waals surface area contributed by atoms with E-state index in [-0.39, 0.29) is 5.41 Å². The smallest absolute Gasteiger partial charge is 0.0465 e. The molecule has 1 atom stereocenters. The van der Waals surface area contributed by atoms with Crippen LogP contribution < -0.4 is 4.90 Å². The summed E-state index contributed by atoms with van der Waals surface area (Å²) in [7, 11) is 0. The number of nitrogens with zero attached hydrogens (tertiary/aromatic N) is 1. The van der Waals surface area contributed by atoms with Crippen LogP contribution in [0.5, 0.6) is 0 Å². The molecule has 0 aliphatic heterocycles. The van der Waals surface area contributed by atoms with Gasteiger partial charge in [0.1, 0.15) is 0 Å². The molecule has 208 valence electrons. The van der Waals surface area contributed by atoms with Gasteiger partial charge in [-0.25, -0.2) is 0 Å². The molecule has 0 radical (unpaired) electrons. The van der Waals surface area contributed by atoms with Crippen LogP contribution >= 0.6 is 0 Å².